The van der Waals surface area contributed by atoms with E-state index < -0.39 is 0 Å². The van der Waals surface area contributed by atoms with Crippen LogP contribution in [-0.2, 0) is 5.41 Å². The largest absolute Gasteiger partial charge is 0.457 e. The van der Waals surface area contributed by atoms with Crippen LogP contribution in [-0.4, -0.2) is 10.2 Å². The van der Waals surface area contributed by atoms with Crippen LogP contribution in [0.25, 0.3) is 11.5 Å². The molecular weight excluding hydrogens is 312 g/mol. The fraction of sp³-hybridized carbons (Fsp3) is 0.333. The maximum Gasteiger partial charge on any atom is 0.247 e. The van der Waals surface area contributed by atoms with E-state index >= 15 is 0 Å². The Morgan fingerprint density at radius 2 is 1.40 bits per heavy atom. The zero-order valence-corrected chi connectivity index (χ0v) is 15.4. The van der Waals surface area contributed by atoms with Crippen molar-refractivity contribution in [3.05, 3.63) is 60.0 Å². The van der Waals surface area contributed by atoms with Gasteiger partial charge < -0.3 is 9.15 Å². The lowest BCUT2D eigenvalue weighted by Crippen LogP contribution is -2.11. The molecular formula is C21H24N2O2. The van der Waals surface area contributed by atoms with Crippen LogP contribution >= 0.6 is 0 Å². The van der Waals surface area contributed by atoms with E-state index in [9.17, 15) is 0 Å². The van der Waals surface area contributed by atoms with Gasteiger partial charge in [0.25, 0.3) is 0 Å². The van der Waals surface area contributed by atoms with Crippen molar-refractivity contribution in [3.8, 4) is 23.0 Å². The van der Waals surface area contributed by atoms with Crippen LogP contribution in [0.15, 0.2) is 52.9 Å². The average molecular weight is 336 g/mol. The van der Waals surface area contributed by atoms with Gasteiger partial charge >= 0.3 is 0 Å². The van der Waals surface area contributed by atoms with Gasteiger partial charge in [-0.05, 0) is 47.9 Å². The number of hydrogen-bond donors (Lipinski definition) is 0. The minimum Gasteiger partial charge on any atom is -0.457 e. The summed E-state index contributed by atoms with van der Waals surface area (Å²) in [5, 5.41) is 8.26. The van der Waals surface area contributed by atoms with Crippen LogP contribution in [0.4, 0.5) is 0 Å². The van der Waals surface area contributed by atoms with Crippen LogP contribution in [0.5, 0.6) is 11.5 Å². The molecule has 3 rings (SSSR count). The van der Waals surface area contributed by atoms with Crippen molar-refractivity contribution < 1.29 is 9.15 Å². The summed E-state index contributed by atoms with van der Waals surface area (Å²) in [5.74, 6) is 3.27. The average Bonchev–Trinajstić information content (AvgIpc) is 3.06. The fourth-order valence-corrected chi connectivity index (χ4v) is 2.37. The third-order valence-electron chi connectivity index (χ3n) is 3.95. The summed E-state index contributed by atoms with van der Waals surface area (Å²) in [6, 6.07) is 15.9. The van der Waals surface area contributed by atoms with Gasteiger partial charge in [-0.3, -0.25) is 0 Å². The van der Waals surface area contributed by atoms with Gasteiger partial charge in [0, 0.05) is 11.0 Å². The second-order valence-corrected chi connectivity index (χ2v) is 7.51. The molecule has 2 aromatic carbocycles. The zero-order chi connectivity index (χ0) is 18.0. The predicted octanol–water partition coefficient (Wildman–Crippen LogP) is 5.95. The Hall–Kier alpha value is -2.62. The molecule has 0 aliphatic rings. The first-order valence-electron chi connectivity index (χ1n) is 8.55. The molecule has 1 aromatic heterocycles. The van der Waals surface area contributed by atoms with Crippen molar-refractivity contribution in [2.24, 2.45) is 0 Å². The first kappa shape index (κ1) is 17.2. The van der Waals surface area contributed by atoms with Crippen molar-refractivity contribution in [1.29, 1.82) is 0 Å². The Kier molecular flexibility index (Phi) is 4.62. The topological polar surface area (TPSA) is 48.2 Å². The van der Waals surface area contributed by atoms with Gasteiger partial charge in [0.2, 0.25) is 11.8 Å². The van der Waals surface area contributed by atoms with Gasteiger partial charge in [0.05, 0.1) is 0 Å². The molecule has 0 N–H and O–H groups in total. The van der Waals surface area contributed by atoms with E-state index in [0.717, 1.165) is 17.1 Å². The van der Waals surface area contributed by atoms with E-state index in [-0.39, 0.29) is 5.41 Å². The Morgan fingerprint density at radius 3 is 1.88 bits per heavy atom. The number of aromatic nitrogens is 2. The number of rotatable bonds is 4. The maximum atomic E-state index is 5.90. The standard InChI is InChI=1S/C21H24N2O2/c1-14(2)15-6-10-17(11-7-15)24-18-12-8-16(9-13-18)19-22-23-20(25-19)21(3,4)5/h6-14H,1-5H3. The molecule has 3 aromatic rings. The summed E-state index contributed by atoms with van der Waals surface area (Å²) in [4.78, 5) is 0. The van der Waals surface area contributed by atoms with E-state index in [4.69, 9.17) is 9.15 Å². The molecule has 0 aliphatic carbocycles. The molecule has 0 spiro atoms. The molecule has 25 heavy (non-hydrogen) atoms. The number of hydrogen-bond acceptors (Lipinski definition) is 4. The lowest BCUT2D eigenvalue weighted by molar-refractivity contribution is 0.399. The van der Waals surface area contributed by atoms with Gasteiger partial charge in [-0.15, -0.1) is 10.2 Å². The van der Waals surface area contributed by atoms with E-state index in [1.54, 1.807) is 0 Å². The summed E-state index contributed by atoms with van der Waals surface area (Å²) in [5.41, 5.74) is 2.02. The smallest absolute Gasteiger partial charge is 0.247 e. The minimum absolute atomic E-state index is 0.156. The van der Waals surface area contributed by atoms with E-state index in [2.05, 4.69) is 36.2 Å². The third-order valence-corrected chi connectivity index (χ3v) is 3.95. The molecule has 0 atom stereocenters. The normalized spacial score (nSPS) is 11.8. The molecule has 4 nitrogen and oxygen atoms in total. The maximum absolute atomic E-state index is 5.90. The molecule has 1 heterocycles. The van der Waals surface area contributed by atoms with Crippen molar-refractivity contribution >= 4 is 0 Å². The molecule has 0 amide bonds. The quantitative estimate of drug-likeness (QED) is 0.590. The van der Waals surface area contributed by atoms with Gasteiger partial charge in [0.15, 0.2) is 0 Å². The van der Waals surface area contributed by atoms with E-state index in [1.807, 2.05) is 57.2 Å². The molecule has 0 fully saturated rings. The van der Waals surface area contributed by atoms with E-state index in [1.165, 1.54) is 5.56 Å². The van der Waals surface area contributed by atoms with Gasteiger partial charge in [-0.1, -0.05) is 46.8 Å². The molecule has 0 unspecified atom stereocenters. The van der Waals surface area contributed by atoms with Crippen LogP contribution in [0.1, 0.15) is 52.0 Å². The van der Waals surface area contributed by atoms with Gasteiger partial charge in [0.1, 0.15) is 11.5 Å². The Balaban J connectivity index is 1.73. The predicted molar refractivity (Wildman–Crippen MR) is 99.0 cm³/mol. The van der Waals surface area contributed by atoms with Crippen LogP contribution in [0.2, 0.25) is 0 Å². The summed E-state index contributed by atoms with van der Waals surface area (Å²) in [6.45, 7) is 10.5. The Bertz CT molecular complexity index is 826. The van der Waals surface area contributed by atoms with Crippen LogP contribution < -0.4 is 4.74 Å². The number of benzene rings is 2. The van der Waals surface area contributed by atoms with Crippen molar-refractivity contribution in [1.82, 2.24) is 10.2 Å². The minimum atomic E-state index is -0.156. The molecule has 0 radical (unpaired) electrons. The molecule has 0 saturated heterocycles. The highest BCUT2D eigenvalue weighted by Crippen LogP contribution is 2.28. The van der Waals surface area contributed by atoms with Crippen LogP contribution in [0.3, 0.4) is 0 Å². The fourth-order valence-electron chi connectivity index (χ4n) is 2.37. The van der Waals surface area contributed by atoms with Crippen molar-refractivity contribution in [2.75, 3.05) is 0 Å². The molecule has 0 bridgehead atoms. The summed E-state index contributed by atoms with van der Waals surface area (Å²) < 4.78 is 11.7. The summed E-state index contributed by atoms with van der Waals surface area (Å²) in [6.07, 6.45) is 0. The lowest BCUT2D eigenvalue weighted by Gasteiger charge is -2.11. The lowest BCUT2D eigenvalue weighted by atomic mass is 9.97. The van der Waals surface area contributed by atoms with Gasteiger partial charge in [-0.2, -0.15) is 0 Å². The zero-order valence-electron chi connectivity index (χ0n) is 15.4. The van der Waals surface area contributed by atoms with Gasteiger partial charge in [-0.25, -0.2) is 0 Å². The molecule has 4 heteroatoms. The second-order valence-electron chi connectivity index (χ2n) is 7.51. The Labute approximate surface area is 148 Å². The SMILES string of the molecule is CC(C)c1ccc(Oc2ccc(-c3nnc(C(C)(C)C)o3)cc2)cc1. The molecule has 0 aliphatic heterocycles. The summed E-state index contributed by atoms with van der Waals surface area (Å²) in [7, 11) is 0. The highest BCUT2D eigenvalue weighted by Gasteiger charge is 2.21. The summed E-state index contributed by atoms with van der Waals surface area (Å²) >= 11 is 0. The molecule has 0 saturated carbocycles. The second kappa shape index (κ2) is 6.71. The first-order chi connectivity index (χ1) is 11.8. The van der Waals surface area contributed by atoms with Crippen molar-refractivity contribution in [2.45, 2.75) is 46.0 Å². The van der Waals surface area contributed by atoms with E-state index in [0.29, 0.717) is 17.7 Å². The highest BCUT2D eigenvalue weighted by atomic mass is 16.5. The van der Waals surface area contributed by atoms with Crippen LogP contribution in [0, 0.1) is 0 Å². The third kappa shape index (κ3) is 4.08. The highest BCUT2D eigenvalue weighted by molar-refractivity contribution is 5.54. The molecule has 130 valence electrons. The number of nitrogens with zero attached hydrogens (tertiary/aromatic N) is 2. The van der Waals surface area contributed by atoms with Crippen molar-refractivity contribution in [3.63, 3.8) is 0 Å². The monoisotopic (exact) mass is 336 g/mol. The Morgan fingerprint density at radius 1 is 0.840 bits per heavy atom. The first-order valence-corrected chi connectivity index (χ1v) is 8.55. The number of ether oxygens (including phenoxy) is 1.